The van der Waals surface area contributed by atoms with E-state index in [4.69, 9.17) is 4.74 Å². The van der Waals surface area contributed by atoms with Gasteiger partial charge in [-0.2, -0.15) is 4.98 Å². The zero-order valence-electron chi connectivity index (χ0n) is 10.7. The fourth-order valence-electron chi connectivity index (χ4n) is 1.64. The van der Waals surface area contributed by atoms with Crippen molar-refractivity contribution in [1.82, 2.24) is 15.0 Å². The van der Waals surface area contributed by atoms with Gasteiger partial charge < -0.3 is 10.1 Å². The lowest BCUT2D eigenvalue weighted by Crippen LogP contribution is -2.11. The van der Waals surface area contributed by atoms with Crippen LogP contribution < -0.4 is 10.1 Å². The molecule has 1 unspecified atom stereocenters. The first-order chi connectivity index (χ1) is 8.72. The van der Waals surface area contributed by atoms with E-state index in [0.717, 1.165) is 17.2 Å². The highest BCUT2D eigenvalue weighted by molar-refractivity contribution is 7.09. The van der Waals surface area contributed by atoms with E-state index in [0.29, 0.717) is 11.7 Å². The molecule has 0 fully saturated rings. The van der Waals surface area contributed by atoms with Crippen molar-refractivity contribution in [3.05, 3.63) is 28.5 Å². The molecule has 2 aromatic heterocycles. The number of methoxy groups -OCH3 is 1. The molecule has 0 amide bonds. The Labute approximate surface area is 110 Å². The maximum Gasteiger partial charge on any atom is 0.218 e. The molecule has 2 heterocycles. The Hall–Kier alpha value is -1.69. The lowest BCUT2D eigenvalue weighted by molar-refractivity contribution is 0.396. The van der Waals surface area contributed by atoms with Gasteiger partial charge in [0.1, 0.15) is 16.6 Å². The Kier molecular flexibility index (Phi) is 4.09. The van der Waals surface area contributed by atoms with Crippen LogP contribution in [0.3, 0.4) is 0 Å². The van der Waals surface area contributed by atoms with Gasteiger partial charge in [0.15, 0.2) is 0 Å². The van der Waals surface area contributed by atoms with Crippen molar-refractivity contribution in [3.8, 4) is 5.88 Å². The third-order valence-corrected chi connectivity index (χ3v) is 3.39. The lowest BCUT2D eigenvalue weighted by Gasteiger charge is -2.15. The molecule has 6 heteroatoms. The first-order valence-corrected chi connectivity index (χ1v) is 6.66. The minimum absolute atomic E-state index is 0.170. The number of nitrogens with zero attached hydrogens (tertiary/aromatic N) is 3. The smallest absolute Gasteiger partial charge is 0.218 e. The first-order valence-electron chi connectivity index (χ1n) is 5.78. The molecule has 0 saturated heterocycles. The second-order valence-electron chi connectivity index (χ2n) is 3.82. The molecule has 2 rings (SSSR count). The predicted molar refractivity (Wildman–Crippen MR) is 72.1 cm³/mol. The van der Waals surface area contributed by atoms with E-state index >= 15 is 0 Å². The van der Waals surface area contributed by atoms with Crippen molar-refractivity contribution < 1.29 is 4.74 Å². The fraction of sp³-hybridized carbons (Fsp3) is 0.417. The summed E-state index contributed by atoms with van der Waals surface area (Å²) in [4.78, 5) is 12.8. The second kappa shape index (κ2) is 5.77. The Morgan fingerprint density at radius 2 is 2.28 bits per heavy atom. The SMILES string of the molecule is CCC(Nc1cc(OC)nc(C)n1)c1nccs1. The van der Waals surface area contributed by atoms with Crippen LogP contribution in [-0.4, -0.2) is 22.1 Å². The van der Waals surface area contributed by atoms with Crippen molar-refractivity contribution in [2.24, 2.45) is 0 Å². The van der Waals surface area contributed by atoms with Crippen LogP contribution in [-0.2, 0) is 0 Å². The van der Waals surface area contributed by atoms with Gasteiger partial charge in [-0.1, -0.05) is 6.92 Å². The monoisotopic (exact) mass is 264 g/mol. The highest BCUT2D eigenvalue weighted by atomic mass is 32.1. The Bertz CT molecular complexity index is 501. The van der Waals surface area contributed by atoms with Gasteiger partial charge in [-0.15, -0.1) is 11.3 Å². The largest absolute Gasteiger partial charge is 0.481 e. The molecule has 1 N–H and O–H groups in total. The van der Waals surface area contributed by atoms with Gasteiger partial charge in [0.25, 0.3) is 0 Å². The molecular formula is C12H16N4OS. The van der Waals surface area contributed by atoms with Crippen molar-refractivity contribution in [2.75, 3.05) is 12.4 Å². The van der Waals surface area contributed by atoms with Crippen molar-refractivity contribution in [3.63, 3.8) is 0 Å². The molecule has 2 aromatic rings. The summed E-state index contributed by atoms with van der Waals surface area (Å²) in [5.41, 5.74) is 0. The molecule has 0 aliphatic rings. The summed E-state index contributed by atoms with van der Waals surface area (Å²) in [5.74, 6) is 2.02. The number of hydrogen-bond donors (Lipinski definition) is 1. The van der Waals surface area contributed by atoms with Crippen LogP contribution in [0.2, 0.25) is 0 Å². The molecule has 1 atom stereocenters. The van der Waals surface area contributed by atoms with Gasteiger partial charge in [0.2, 0.25) is 5.88 Å². The van der Waals surface area contributed by atoms with Crippen LogP contribution in [0.1, 0.15) is 30.2 Å². The third kappa shape index (κ3) is 2.95. The van der Waals surface area contributed by atoms with Gasteiger partial charge in [0, 0.05) is 17.6 Å². The van der Waals surface area contributed by atoms with E-state index in [-0.39, 0.29) is 6.04 Å². The topological polar surface area (TPSA) is 59.9 Å². The standard InChI is InChI=1S/C12H16N4OS/c1-4-9(12-13-5-6-18-12)16-10-7-11(17-3)15-8(2)14-10/h5-7,9H,4H2,1-3H3,(H,14,15,16). The van der Waals surface area contributed by atoms with E-state index in [1.54, 1.807) is 24.5 Å². The van der Waals surface area contributed by atoms with Crippen LogP contribution in [0, 0.1) is 6.92 Å². The number of aryl methyl sites for hydroxylation is 1. The number of thiazole rings is 1. The average molecular weight is 264 g/mol. The lowest BCUT2D eigenvalue weighted by atomic mass is 10.2. The van der Waals surface area contributed by atoms with Gasteiger partial charge in [-0.3, -0.25) is 0 Å². The van der Waals surface area contributed by atoms with Crippen molar-refractivity contribution in [1.29, 1.82) is 0 Å². The second-order valence-corrected chi connectivity index (χ2v) is 4.74. The quantitative estimate of drug-likeness (QED) is 0.899. The molecule has 18 heavy (non-hydrogen) atoms. The van der Waals surface area contributed by atoms with Gasteiger partial charge >= 0.3 is 0 Å². The molecule has 0 radical (unpaired) electrons. The molecular weight excluding hydrogens is 248 g/mol. The van der Waals surface area contributed by atoms with Gasteiger partial charge in [-0.25, -0.2) is 9.97 Å². The average Bonchev–Trinajstić information content (AvgIpc) is 2.89. The highest BCUT2D eigenvalue weighted by Crippen LogP contribution is 2.24. The van der Waals surface area contributed by atoms with Crippen molar-refractivity contribution >= 4 is 17.2 Å². The van der Waals surface area contributed by atoms with Crippen LogP contribution in [0.25, 0.3) is 0 Å². The maximum atomic E-state index is 5.14. The highest BCUT2D eigenvalue weighted by Gasteiger charge is 2.13. The predicted octanol–water partition coefficient (Wildman–Crippen LogP) is 2.81. The Morgan fingerprint density at radius 1 is 1.44 bits per heavy atom. The molecule has 96 valence electrons. The summed E-state index contributed by atoms with van der Waals surface area (Å²) in [7, 11) is 1.60. The minimum atomic E-state index is 0.170. The summed E-state index contributed by atoms with van der Waals surface area (Å²) in [5, 5.41) is 6.40. The number of aromatic nitrogens is 3. The maximum absolute atomic E-state index is 5.14. The van der Waals surface area contributed by atoms with Crippen LogP contribution in [0.15, 0.2) is 17.6 Å². The summed E-state index contributed by atoms with van der Waals surface area (Å²) in [6, 6.07) is 1.97. The number of rotatable bonds is 5. The van der Waals surface area contributed by atoms with E-state index in [1.807, 2.05) is 18.5 Å². The van der Waals surface area contributed by atoms with E-state index in [2.05, 4.69) is 27.2 Å². The summed E-state index contributed by atoms with van der Waals surface area (Å²) in [6.07, 6.45) is 2.76. The molecule has 5 nitrogen and oxygen atoms in total. The number of hydrogen-bond acceptors (Lipinski definition) is 6. The number of nitrogens with one attached hydrogen (secondary N) is 1. The van der Waals surface area contributed by atoms with E-state index in [1.165, 1.54) is 0 Å². The molecule has 0 aromatic carbocycles. The van der Waals surface area contributed by atoms with Crippen molar-refractivity contribution in [2.45, 2.75) is 26.3 Å². The fourth-order valence-corrected chi connectivity index (χ4v) is 2.42. The molecule has 0 spiro atoms. The summed E-state index contributed by atoms with van der Waals surface area (Å²) < 4.78 is 5.14. The van der Waals surface area contributed by atoms with E-state index in [9.17, 15) is 0 Å². The normalized spacial score (nSPS) is 12.2. The number of anilines is 1. The molecule has 0 saturated carbocycles. The van der Waals surface area contributed by atoms with Gasteiger partial charge in [-0.05, 0) is 13.3 Å². The van der Waals surface area contributed by atoms with Crippen LogP contribution >= 0.6 is 11.3 Å². The zero-order chi connectivity index (χ0) is 13.0. The minimum Gasteiger partial charge on any atom is -0.481 e. The Balaban J connectivity index is 2.19. The Morgan fingerprint density at radius 3 is 2.89 bits per heavy atom. The van der Waals surface area contributed by atoms with Gasteiger partial charge in [0.05, 0.1) is 13.2 Å². The molecule has 0 aliphatic carbocycles. The van der Waals surface area contributed by atoms with Crippen LogP contribution in [0.5, 0.6) is 5.88 Å². The van der Waals surface area contributed by atoms with Crippen LogP contribution in [0.4, 0.5) is 5.82 Å². The molecule has 0 aliphatic heterocycles. The summed E-state index contributed by atoms with van der Waals surface area (Å²) >= 11 is 1.64. The zero-order valence-corrected chi connectivity index (χ0v) is 11.5. The third-order valence-electron chi connectivity index (χ3n) is 2.50. The summed E-state index contributed by atoms with van der Waals surface area (Å²) in [6.45, 7) is 3.96. The first kappa shape index (κ1) is 12.8. The molecule has 0 bridgehead atoms. The number of ether oxygens (including phenoxy) is 1. The van der Waals surface area contributed by atoms with E-state index < -0.39 is 0 Å².